The number of aromatic nitrogens is 2. The molecule has 1 N–H and O–H groups in total. The van der Waals surface area contributed by atoms with Crippen LogP contribution >= 0.6 is 0 Å². The molecule has 0 saturated carbocycles. The lowest BCUT2D eigenvalue weighted by atomic mass is 10.0. The molecule has 0 spiro atoms. The van der Waals surface area contributed by atoms with Gasteiger partial charge in [-0.2, -0.15) is 5.10 Å². The van der Waals surface area contributed by atoms with E-state index in [1.807, 2.05) is 61.0 Å². The number of para-hydroxylation sites is 1. The molecule has 5 nitrogen and oxygen atoms in total. The van der Waals surface area contributed by atoms with Crippen LogP contribution in [-0.4, -0.2) is 21.3 Å². The summed E-state index contributed by atoms with van der Waals surface area (Å²) in [5, 5.41) is 7.67. The molecule has 0 bridgehead atoms. The van der Waals surface area contributed by atoms with E-state index >= 15 is 0 Å². The van der Waals surface area contributed by atoms with Gasteiger partial charge in [-0.05, 0) is 57.0 Å². The zero-order valence-corrected chi connectivity index (χ0v) is 17.5. The molecule has 0 unspecified atom stereocenters. The van der Waals surface area contributed by atoms with Crippen LogP contribution in [0.2, 0.25) is 0 Å². The Morgan fingerprint density at radius 3 is 2.69 bits per heavy atom. The van der Waals surface area contributed by atoms with Gasteiger partial charge in [-0.3, -0.25) is 4.79 Å². The predicted molar refractivity (Wildman–Crippen MR) is 113 cm³/mol. The number of carbonyl (C=O) groups is 1. The third-order valence-corrected chi connectivity index (χ3v) is 5.40. The van der Waals surface area contributed by atoms with Crippen LogP contribution in [0.25, 0.3) is 5.69 Å². The first-order valence-corrected chi connectivity index (χ1v) is 10.0. The molecule has 0 fully saturated rings. The summed E-state index contributed by atoms with van der Waals surface area (Å²) in [6, 6.07) is 16.1. The monoisotopic (exact) mass is 389 g/mol. The summed E-state index contributed by atoms with van der Waals surface area (Å²) < 4.78 is 7.83. The third-order valence-electron chi connectivity index (χ3n) is 5.40. The summed E-state index contributed by atoms with van der Waals surface area (Å²) in [6.07, 6.45) is 1.22. The minimum Gasteiger partial charge on any atom is -0.487 e. The molecule has 2 heterocycles. The number of aryl methyl sites for hydroxylation is 1. The number of fused-ring (bicyclic) bond motifs is 1. The van der Waals surface area contributed by atoms with Gasteiger partial charge in [-0.1, -0.05) is 30.3 Å². The van der Waals surface area contributed by atoms with Gasteiger partial charge in [-0.25, -0.2) is 4.68 Å². The molecule has 0 saturated heterocycles. The summed E-state index contributed by atoms with van der Waals surface area (Å²) >= 11 is 0. The van der Waals surface area contributed by atoms with Crippen LogP contribution in [0.15, 0.2) is 48.5 Å². The van der Waals surface area contributed by atoms with Crippen molar-refractivity contribution in [1.82, 2.24) is 15.1 Å². The number of carbonyl (C=O) groups excluding carboxylic acids is 1. The summed E-state index contributed by atoms with van der Waals surface area (Å²) in [4.78, 5) is 12.6. The standard InChI is InChI=1S/C24H27N3O2/c1-16-21(17(2)27(26-16)20-8-6-5-7-9-20)13-23(28)25-15-18-10-11-22-19(12-18)14-24(3,4)29-22/h5-12H,13-15H2,1-4H3,(H,25,28). The number of amides is 1. The second-order valence-electron chi connectivity index (χ2n) is 8.33. The molecule has 0 radical (unpaired) electrons. The lowest BCUT2D eigenvalue weighted by Crippen LogP contribution is -2.25. The molecule has 3 aromatic rings. The maximum atomic E-state index is 12.6. The van der Waals surface area contributed by atoms with Gasteiger partial charge in [0.05, 0.1) is 17.8 Å². The zero-order chi connectivity index (χ0) is 20.6. The van der Waals surface area contributed by atoms with E-state index in [4.69, 9.17) is 4.74 Å². The number of benzene rings is 2. The van der Waals surface area contributed by atoms with Crippen molar-refractivity contribution in [3.63, 3.8) is 0 Å². The molecule has 0 aliphatic carbocycles. The van der Waals surface area contributed by atoms with Crippen molar-refractivity contribution in [2.45, 2.75) is 52.7 Å². The summed E-state index contributed by atoms with van der Waals surface area (Å²) in [5.74, 6) is 0.950. The molecule has 5 heteroatoms. The number of hydrogen-bond donors (Lipinski definition) is 1. The molecule has 1 aliphatic heterocycles. The minimum absolute atomic E-state index is 0.000824. The molecule has 4 rings (SSSR count). The van der Waals surface area contributed by atoms with Crippen molar-refractivity contribution in [2.75, 3.05) is 0 Å². The Labute approximate surface area is 171 Å². The Balaban J connectivity index is 1.42. The fraction of sp³-hybridized carbons (Fsp3) is 0.333. The van der Waals surface area contributed by atoms with Crippen LogP contribution in [0.4, 0.5) is 0 Å². The highest BCUT2D eigenvalue weighted by molar-refractivity contribution is 5.79. The molecule has 0 atom stereocenters. The molecule has 1 amide bonds. The quantitative estimate of drug-likeness (QED) is 0.716. The lowest BCUT2D eigenvalue weighted by Gasteiger charge is -2.16. The number of nitrogens with zero attached hydrogens (tertiary/aromatic N) is 2. The molecule has 2 aromatic carbocycles. The van der Waals surface area contributed by atoms with Gasteiger partial charge in [0, 0.05) is 24.2 Å². The van der Waals surface area contributed by atoms with Crippen LogP contribution in [-0.2, 0) is 24.2 Å². The molecule has 1 aliphatic rings. The largest absolute Gasteiger partial charge is 0.487 e. The molecular formula is C24H27N3O2. The fourth-order valence-electron chi connectivity index (χ4n) is 3.95. The average Bonchev–Trinajstić information content (AvgIpc) is 3.15. The summed E-state index contributed by atoms with van der Waals surface area (Å²) in [6.45, 7) is 8.66. The van der Waals surface area contributed by atoms with Crippen LogP contribution in [0.1, 0.15) is 41.9 Å². The summed E-state index contributed by atoms with van der Waals surface area (Å²) in [7, 11) is 0. The van der Waals surface area contributed by atoms with Crippen LogP contribution in [0.3, 0.4) is 0 Å². The first-order chi connectivity index (χ1) is 13.8. The van der Waals surface area contributed by atoms with Crippen LogP contribution in [0, 0.1) is 13.8 Å². The van der Waals surface area contributed by atoms with E-state index in [0.29, 0.717) is 13.0 Å². The Bertz CT molecular complexity index is 1050. The molecule has 150 valence electrons. The highest BCUT2D eigenvalue weighted by atomic mass is 16.5. The summed E-state index contributed by atoms with van der Waals surface area (Å²) in [5.41, 5.74) is 6.01. The molecule has 29 heavy (non-hydrogen) atoms. The first kappa shape index (κ1) is 19.2. The van der Waals surface area contributed by atoms with E-state index in [0.717, 1.165) is 40.4 Å². The Morgan fingerprint density at radius 2 is 1.93 bits per heavy atom. The second kappa shape index (κ2) is 7.39. The van der Waals surface area contributed by atoms with Gasteiger partial charge in [0.2, 0.25) is 5.91 Å². The van der Waals surface area contributed by atoms with Gasteiger partial charge in [0.1, 0.15) is 11.4 Å². The van der Waals surface area contributed by atoms with Crippen LogP contribution in [0.5, 0.6) is 5.75 Å². The SMILES string of the molecule is Cc1nn(-c2ccccc2)c(C)c1CC(=O)NCc1ccc2c(c1)CC(C)(C)O2. The van der Waals surface area contributed by atoms with Gasteiger partial charge >= 0.3 is 0 Å². The van der Waals surface area contributed by atoms with Crippen molar-refractivity contribution < 1.29 is 9.53 Å². The maximum absolute atomic E-state index is 12.6. The van der Waals surface area contributed by atoms with Crippen molar-refractivity contribution in [2.24, 2.45) is 0 Å². The molecule has 1 aromatic heterocycles. The Hall–Kier alpha value is -3.08. The van der Waals surface area contributed by atoms with E-state index in [1.54, 1.807) is 0 Å². The predicted octanol–water partition coefficient (Wildman–Crippen LogP) is 4.06. The van der Waals surface area contributed by atoms with Crippen molar-refractivity contribution in [3.05, 3.63) is 76.6 Å². The fourth-order valence-corrected chi connectivity index (χ4v) is 3.95. The van der Waals surface area contributed by atoms with Crippen LogP contribution < -0.4 is 10.1 Å². The van der Waals surface area contributed by atoms with Gasteiger partial charge in [0.25, 0.3) is 0 Å². The zero-order valence-electron chi connectivity index (χ0n) is 17.5. The van der Waals surface area contributed by atoms with E-state index in [1.165, 1.54) is 5.56 Å². The third kappa shape index (κ3) is 4.04. The van der Waals surface area contributed by atoms with E-state index in [2.05, 4.69) is 30.3 Å². The minimum atomic E-state index is -0.155. The number of rotatable bonds is 5. The lowest BCUT2D eigenvalue weighted by molar-refractivity contribution is -0.120. The van der Waals surface area contributed by atoms with E-state index in [-0.39, 0.29) is 11.5 Å². The van der Waals surface area contributed by atoms with E-state index in [9.17, 15) is 4.79 Å². The Kier molecular flexibility index (Phi) is 4.91. The number of hydrogen-bond acceptors (Lipinski definition) is 3. The normalized spacial score (nSPS) is 14.3. The molecular weight excluding hydrogens is 362 g/mol. The van der Waals surface area contributed by atoms with Crippen molar-refractivity contribution in [1.29, 1.82) is 0 Å². The van der Waals surface area contributed by atoms with Gasteiger partial charge < -0.3 is 10.1 Å². The second-order valence-corrected chi connectivity index (χ2v) is 8.33. The Morgan fingerprint density at radius 1 is 1.17 bits per heavy atom. The number of ether oxygens (including phenoxy) is 1. The van der Waals surface area contributed by atoms with Gasteiger partial charge in [-0.15, -0.1) is 0 Å². The smallest absolute Gasteiger partial charge is 0.224 e. The van der Waals surface area contributed by atoms with Crippen molar-refractivity contribution in [3.8, 4) is 11.4 Å². The first-order valence-electron chi connectivity index (χ1n) is 10.0. The van der Waals surface area contributed by atoms with Gasteiger partial charge in [0.15, 0.2) is 0 Å². The average molecular weight is 389 g/mol. The highest BCUT2D eigenvalue weighted by Crippen LogP contribution is 2.35. The number of nitrogens with one attached hydrogen (secondary N) is 1. The van der Waals surface area contributed by atoms with Crippen molar-refractivity contribution >= 4 is 5.91 Å². The maximum Gasteiger partial charge on any atom is 0.224 e. The van der Waals surface area contributed by atoms with E-state index < -0.39 is 0 Å². The highest BCUT2D eigenvalue weighted by Gasteiger charge is 2.29. The topological polar surface area (TPSA) is 56.2 Å².